The number of carbonyl (C=O) groups excluding carboxylic acids is 1. The molecule has 0 aromatic rings. The molecule has 0 aromatic heterocycles. The third kappa shape index (κ3) is 3.98. The molecular formula is C15H28N2O. The van der Waals surface area contributed by atoms with Crippen LogP contribution in [0.4, 0.5) is 0 Å². The van der Waals surface area contributed by atoms with Gasteiger partial charge in [0, 0.05) is 19.5 Å². The van der Waals surface area contributed by atoms with Gasteiger partial charge >= 0.3 is 0 Å². The zero-order chi connectivity index (χ0) is 12.8. The highest BCUT2D eigenvalue weighted by Gasteiger charge is 2.23. The topological polar surface area (TPSA) is 32.3 Å². The molecule has 2 heterocycles. The predicted molar refractivity (Wildman–Crippen MR) is 74.4 cm³/mol. The van der Waals surface area contributed by atoms with Gasteiger partial charge < -0.3 is 10.2 Å². The number of likely N-dealkylation sites (tertiary alicyclic amines) is 1. The lowest BCUT2D eigenvalue weighted by atomic mass is 9.92. The van der Waals surface area contributed by atoms with Crippen molar-refractivity contribution in [1.29, 1.82) is 0 Å². The van der Waals surface area contributed by atoms with Crippen molar-refractivity contribution in [3.8, 4) is 0 Å². The van der Waals surface area contributed by atoms with Crippen LogP contribution in [-0.2, 0) is 4.79 Å². The first-order valence-electron chi connectivity index (χ1n) is 7.78. The van der Waals surface area contributed by atoms with Crippen LogP contribution in [0.1, 0.15) is 51.9 Å². The summed E-state index contributed by atoms with van der Waals surface area (Å²) in [7, 11) is 0. The lowest BCUT2D eigenvalue weighted by molar-refractivity contribution is -0.132. The predicted octanol–water partition coefficient (Wildman–Crippen LogP) is 2.41. The Morgan fingerprint density at radius 2 is 1.94 bits per heavy atom. The number of amides is 1. The van der Waals surface area contributed by atoms with Crippen LogP contribution in [0.25, 0.3) is 0 Å². The van der Waals surface area contributed by atoms with Gasteiger partial charge in [0.25, 0.3) is 0 Å². The molecule has 0 aromatic carbocycles. The Hall–Kier alpha value is -0.570. The van der Waals surface area contributed by atoms with Crippen molar-refractivity contribution in [3.63, 3.8) is 0 Å². The minimum absolute atomic E-state index is 0.400. The number of nitrogens with zero attached hydrogens (tertiary/aromatic N) is 1. The molecule has 2 aliphatic heterocycles. The lowest BCUT2D eigenvalue weighted by Crippen LogP contribution is -2.38. The van der Waals surface area contributed by atoms with E-state index < -0.39 is 0 Å². The van der Waals surface area contributed by atoms with Crippen LogP contribution in [-0.4, -0.2) is 37.0 Å². The molecule has 0 saturated carbocycles. The molecule has 0 aliphatic carbocycles. The van der Waals surface area contributed by atoms with E-state index in [0.29, 0.717) is 5.91 Å². The highest BCUT2D eigenvalue weighted by molar-refractivity contribution is 5.76. The standard InChI is InChI=1S/C15H28N2O/c1-2-3-13-7-10-17(11-8-13)15(18)5-4-14-6-9-16-12-14/h13-14,16H,2-12H2,1H3. The van der Waals surface area contributed by atoms with Gasteiger partial charge in [0.05, 0.1) is 0 Å². The van der Waals surface area contributed by atoms with Crippen molar-refractivity contribution in [3.05, 3.63) is 0 Å². The smallest absolute Gasteiger partial charge is 0.222 e. The summed E-state index contributed by atoms with van der Waals surface area (Å²) < 4.78 is 0. The van der Waals surface area contributed by atoms with Crippen molar-refractivity contribution < 1.29 is 4.79 Å². The number of rotatable bonds is 5. The zero-order valence-corrected chi connectivity index (χ0v) is 11.8. The van der Waals surface area contributed by atoms with Gasteiger partial charge in [0.15, 0.2) is 0 Å². The van der Waals surface area contributed by atoms with Crippen molar-refractivity contribution >= 4 is 5.91 Å². The molecule has 1 amide bonds. The quantitative estimate of drug-likeness (QED) is 0.815. The monoisotopic (exact) mass is 252 g/mol. The fourth-order valence-corrected chi connectivity index (χ4v) is 3.33. The summed E-state index contributed by atoms with van der Waals surface area (Å²) in [6.45, 7) is 6.53. The second kappa shape index (κ2) is 7.13. The first-order valence-corrected chi connectivity index (χ1v) is 7.78. The van der Waals surface area contributed by atoms with Gasteiger partial charge in [0.2, 0.25) is 5.91 Å². The highest BCUT2D eigenvalue weighted by Crippen LogP contribution is 2.23. The average molecular weight is 252 g/mol. The number of hydrogen-bond donors (Lipinski definition) is 1. The molecule has 2 fully saturated rings. The Kier molecular flexibility index (Phi) is 5.48. The van der Waals surface area contributed by atoms with Crippen LogP contribution in [0, 0.1) is 11.8 Å². The maximum absolute atomic E-state index is 12.1. The van der Waals surface area contributed by atoms with Gasteiger partial charge in [-0.3, -0.25) is 4.79 Å². The summed E-state index contributed by atoms with van der Waals surface area (Å²) in [5, 5.41) is 3.37. The minimum Gasteiger partial charge on any atom is -0.343 e. The van der Waals surface area contributed by atoms with Gasteiger partial charge in [-0.15, -0.1) is 0 Å². The summed E-state index contributed by atoms with van der Waals surface area (Å²) in [5.41, 5.74) is 0. The van der Waals surface area contributed by atoms with E-state index in [4.69, 9.17) is 0 Å². The molecule has 1 N–H and O–H groups in total. The summed E-state index contributed by atoms with van der Waals surface area (Å²) in [6.07, 6.45) is 8.19. The molecule has 2 saturated heterocycles. The van der Waals surface area contributed by atoms with Crippen LogP contribution in [0.3, 0.4) is 0 Å². The van der Waals surface area contributed by atoms with Crippen LogP contribution in [0.15, 0.2) is 0 Å². The number of piperidine rings is 1. The average Bonchev–Trinajstić information content (AvgIpc) is 2.90. The molecule has 1 atom stereocenters. The Balaban J connectivity index is 1.64. The normalized spacial score (nSPS) is 25.6. The van der Waals surface area contributed by atoms with Crippen molar-refractivity contribution in [2.75, 3.05) is 26.2 Å². The van der Waals surface area contributed by atoms with E-state index in [1.165, 1.54) is 32.1 Å². The molecule has 3 nitrogen and oxygen atoms in total. The summed E-state index contributed by atoms with van der Waals surface area (Å²) >= 11 is 0. The first kappa shape index (κ1) is 13.9. The Morgan fingerprint density at radius 3 is 2.56 bits per heavy atom. The minimum atomic E-state index is 0.400. The van der Waals surface area contributed by atoms with Gasteiger partial charge in [-0.2, -0.15) is 0 Å². The summed E-state index contributed by atoms with van der Waals surface area (Å²) in [5.74, 6) is 2.02. The van der Waals surface area contributed by atoms with E-state index in [9.17, 15) is 4.79 Å². The highest BCUT2D eigenvalue weighted by atomic mass is 16.2. The van der Waals surface area contributed by atoms with Gasteiger partial charge in [-0.25, -0.2) is 0 Å². The van der Waals surface area contributed by atoms with Crippen molar-refractivity contribution in [2.24, 2.45) is 11.8 Å². The summed E-state index contributed by atoms with van der Waals surface area (Å²) in [4.78, 5) is 14.2. The lowest BCUT2D eigenvalue weighted by Gasteiger charge is -2.32. The maximum Gasteiger partial charge on any atom is 0.222 e. The van der Waals surface area contributed by atoms with E-state index >= 15 is 0 Å². The number of hydrogen-bond acceptors (Lipinski definition) is 2. The Morgan fingerprint density at radius 1 is 1.17 bits per heavy atom. The molecule has 1 unspecified atom stereocenters. The molecule has 0 spiro atoms. The Labute approximate surface area is 111 Å². The molecule has 18 heavy (non-hydrogen) atoms. The van der Waals surface area contributed by atoms with Crippen molar-refractivity contribution in [2.45, 2.75) is 51.9 Å². The van der Waals surface area contributed by atoms with E-state index in [1.54, 1.807) is 0 Å². The molecule has 2 aliphatic rings. The largest absolute Gasteiger partial charge is 0.343 e. The molecule has 104 valence electrons. The molecule has 3 heteroatoms. The third-order valence-electron chi connectivity index (χ3n) is 4.59. The SMILES string of the molecule is CCCC1CCN(C(=O)CCC2CCNC2)CC1. The fraction of sp³-hybridized carbons (Fsp3) is 0.933. The number of nitrogens with one attached hydrogen (secondary N) is 1. The van der Waals surface area contributed by atoms with Gasteiger partial charge in [0.1, 0.15) is 0 Å². The van der Waals surface area contributed by atoms with Crippen molar-refractivity contribution in [1.82, 2.24) is 10.2 Å². The Bertz CT molecular complexity index is 253. The van der Waals surface area contributed by atoms with Gasteiger partial charge in [-0.05, 0) is 50.6 Å². The van der Waals surface area contributed by atoms with E-state index in [2.05, 4.69) is 17.1 Å². The van der Waals surface area contributed by atoms with Crippen LogP contribution >= 0.6 is 0 Å². The van der Waals surface area contributed by atoms with Gasteiger partial charge in [-0.1, -0.05) is 19.8 Å². The molecule has 0 bridgehead atoms. The number of carbonyl (C=O) groups is 1. The van der Waals surface area contributed by atoms with E-state index in [1.807, 2.05) is 0 Å². The van der Waals surface area contributed by atoms with Crippen LogP contribution in [0.5, 0.6) is 0 Å². The zero-order valence-electron chi connectivity index (χ0n) is 11.8. The van der Waals surface area contributed by atoms with E-state index in [-0.39, 0.29) is 0 Å². The second-order valence-electron chi connectivity index (χ2n) is 6.01. The van der Waals surface area contributed by atoms with Crippen LogP contribution < -0.4 is 5.32 Å². The first-order chi connectivity index (χ1) is 8.79. The second-order valence-corrected chi connectivity index (χ2v) is 6.01. The van der Waals surface area contributed by atoms with E-state index in [0.717, 1.165) is 50.9 Å². The molecular weight excluding hydrogens is 224 g/mol. The molecule has 0 radical (unpaired) electrons. The van der Waals surface area contributed by atoms with Crippen LogP contribution in [0.2, 0.25) is 0 Å². The maximum atomic E-state index is 12.1. The summed E-state index contributed by atoms with van der Waals surface area (Å²) in [6, 6.07) is 0. The fourth-order valence-electron chi connectivity index (χ4n) is 3.33. The third-order valence-corrected chi connectivity index (χ3v) is 4.59. The molecule has 2 rings (SSSR count).